The van der Waals surface area contributed by atoms with Crippen LogP contribution in [0.3, 0.4) is 0 Å². The molecule has 0 aliphatic rings. The van der Waals surface area contributed by atoms with E-state index >= 15 is 0 Å². The summed E-state index contributed by atoms with van der Waals surface area (Å²) in [6.07, 6.45) is 37.5. The SMILES string of the molecule is CCCCCCCC/C=C\CCCCCCCC(=O)N[C@@H](CS)C(=O)CC(N)NC(=O)C(C)NC(C)C(=O)N(CCN)C(N)CC(=O)[C@H](CS)NC(=O)CCCCCCC/C=C\CCCCCCCC. The van der Waals surface area contributed by atoms with Crippen LogP contribution in [0.2, 0.25) is 0 Å². The Hall–Kier alpha value is -2.76. The molecule has 70 heavy (non-hydrogen) atoms. The molecule has 406 valence electrons. The second kappa shape index (κ2) is 46.1. The van der Waals surface area contributed by atoms with Crippen LogP contribution in [0, 0.1) is 0 Å². The standard InChI is InChI=1S/C54H102N8O6S2/c1-5-7-9-11-13-15-17-19-21-23-25-27-29-31-33-35-51(65)59-45(41-69)47(63)39-49(56)61-53(67)43(3)58-44(4)54(68)62(38-37-55)50(57)40-48(64)46(42-70)60-52(66)36-34-32-30-28-26-24-22-20-18-16-14-12-10-8-6-2/h19-22,43-46,49-50,58,69-70H,5-18,23-42,55-57H2,1-4H3,(H,59,65)(H,60,66)(H,61,67)/b21-19-,22-20-/t43?,44?,45-,46-,49?,50?/m0/s1. The molecule has 14 nitrogen and oxygen atoms in total. The highest BCUT2D eigenvalue weighted by Gasteiger charge is 2.31. The van der Waals surface area contributed by atoms with Gasteiger partial charge in [-0.3, -0.25) is 34.1 Å². The topological polar surface area (TPSA) is 232 Å². The predicted octanol–water partition coefficient (Wildman–Crippen LogP) is 8.65. The number of carbonyl (C=O) groups excluding carboxylic acids is 6. The van der Waals surface area contributed by atoms with E-state index in [1.54, 1.807) is 13.8 Å². The van der Waals surface area contributed by atoms with Crippen LogP contribution in [-0.2, 0) is 28.8 Å². The second-order valence-electron chi connectivity index (χ2n) is 19.2. The number of thiol groups is 2. The van der Waals surface area contributed by atoms with E-state index in [0.717, 1.165) is 89.9 Å². The number of ketones is 2. The lowest BCUT2D eigenvalue weighted by atomic mass is 10.1. The normalized spacial score (nSPS) is 14.2. The number of carbonyl (C=O) groups is 6. The van der Waals surface area contributed by atoms with E-state index in [1.165, 1.54) is 81.9 Å². The first-order valence-electron chi connectivity index (χ1n) is 27.5. The number of hydrogen-bond donors (Lipinski definition) is 9. The third kappa shape index (κ3) is 36.2. The molecule has 0 aromatic carbocycles. The summed E-state index contributed by atoms with van der Waals surface area (Å²) in [5.74, 6) is -2.02. The van der Waals surface area contributed by atoms with Gasteiger partial charge in [-0.1, -0.05) is 141 Å². The zero-order chi connectivity index (χ0) is 52.2. The quantitative estimate of drug-likeness (QED) is 0.0122. The molecule has 4 unspecified atom stereocenters. The maximum atomic E-state index is 13.6. The number of Topliss-reactive ketones (excluding diaryl/α,β-unsaturated/α-hetero) is 2. The van der Waals surface area contributed by atoms with Crippen LogP contribution in [0.15, 0.2) is 24.3 Å². The number of nitrogens with zero attached hydrogens (tertiary/aromatic N) is 1. The number of hydrogen-bond acceptors (Lipinski definition) is 12. The van der Waals surface area contributed by atoms with E-state index in [0.29, 0.717) is 12.8 Å². The Morgan fingerprint density at radius 1 is 0.514 bits per heavy atom. The molecular weight excluding hydrogens is 921 g/mol. The van der Waals surface area contributed by atoms with Crippen molar-refractivity contribution >= 4 is 60.5 Å². The molecule has 0 aliphatic heterocycles. The summed E-state index contributed by atoms with van der Waals surface area (Å²) in [7, 11) is 0. The van der Waals surface area contributed by atoms with Crippen molar-refractivity contribution in [3.8, 4) is 0 Å². The lowest BCUT2D eigenvalue weighted by Crippen LogP contribution is -2.58. The first-order valence-corrected chi connectivity index (χ1v) is 28.8. The molecule has 0 radical (unpaired) electrons. The number of allylic oxidation sites excluding steroid dienone is 4. The number of unbranched alkanes of at least 4 members (excludes halogenated alkanes) is 22. The van der Waals surface area contributed by atoms with Gasteiger partial charge in [0, 0.05) is 50.3 Å². The highest BCUT2D eigenvalue weighted by molar-refractivity contribution is 7.80. The fourth-order valence-electron chi connectivity index (χ4n) is 8.23. The number of rotatable bonds is 48. The van der Waals surface area contributed by atoms with Crippen molar-refractivity contribution in [1.82, 2.24) is 26.2 Å². The van der Waals surface area contributed by atoms with Crippen molar-refractivity contribution in [1.29, 1.82) is 0 Å². The molecule has 6 atom stereocenters. The van der Waals surface area contributed by atoms with Gasteiger partial charge in [0.15, 0.2) is 11.6 Å². The smallest absolute Gasteiger partial charge is 0.240 e. The predicted molar refractivity (Wildman–Crippen MR) is 297 cm³/mol. The summed E-state index contributed by atoms with van der Waals surface area (Å²) in [4.78, 5) is 79.7. The van der Waals surface area contributed by atoms with Gasteiger partial charge in [0.25, 0.3) is 0 Å². The molecule has 0 fully saturated rings. The molecule has 0 bridgehead atoms. The lowest BCUT2D eigenvalue weighted by Gasteiger charge is -2.32. The Kier molecular flexibility index (Phi) is 44.2. The first-order chi connectivity index (χ1) is 33.7. The first kappa shape index (κ1) is 67.2. The summed E-state index contributed by atoms with van der Waals surface area (Å²) >= 11 is 8.57. The molecule has 0 rings (SSSR count). The molecule has 0 aromatic heterocycles. The molecule has 0 saturated carbocycles. The van der Waals surface area contributed by atoms with Crippen molar-refractivity contribution in [2.24, 2.45) is 17.2 Å². The second-order valence-corrected chi connectivity index (χ2v) is 20.0. The summed E-state index contributed by atoms with van der Waals surface area (Å²) in [6.45, 7) is 7.73. The minimum atomic E-state index is -1.05. The van der Waals surface area contributed by atoms with Crippen LogP contribution in [0.25, 0.3) is 0 Å². The Morgan fingerprint density at radius 2 is 0.886 bits per heavy atom. The Bertz CT molecular complexity index is 1450. The molecule has 0 aliphatic carbocycles. The zero-order valence-electron chi connectivity index (χ0n) is 44.3. The lowest BCUT2D eigenvalue weighted by molar-refractivity contribution is -0.137. The number of nitrogens with two attached hydrogens (primary N) is 3. The number of amides is 4. The fraction of sp³-hybridized carbons (Fsp3) is 0.815. The van der Waals surface area contributed by atoms with Gasteiger partial charge >= 0.3 is 0 Å². The van der Waals surface area contributed by atoms with Crippen LogP contribution in [-0.4, -0.2) is 101 Å². The van der Waals surface area contributed by atoms with Gasteiger partial charge in [0.05, 0.1) is 36.5 Å². The van der Waals surface area contributed by atoms with Crippen LogP contribution in [0.4, 0.5) is 0 Å². The molecule has 16 heteroatoms. The van der Waals surface area contributed by atoms with Crippen molar-refractivity contribution in [3.05, 3.63) is 24.3 Å². The molecule has 10 N–H and O–H groups in total. The molecule has 0 spiro atoms. The van der Waals surface area contributed by atoms with Gasteiger partial charge in [-0.2, -0.15) is 25.3 Å². The van der Waals surface area contributed by atoms with Crippen molar-refractivity contribution in [2.75, 3.05) is 24.6 Å². The van der Waals surface area contributed by atoms with Gasteiger partial charge in [-0.05, 0) is 78.1 Å². The van der Waals surface area contributed by atoms with Gasteiger partial charge < -0.3 is 38.1 Å². The van der Waals surface area contributed by atoms with Crippen molar-refractivity contribution in [3.63, 3.8) is 0 Å². The van der Waals surface area contributed by atoms with Gasteiger partial charge in [-0.15, -0.1) is 0 Å². The third-order valence-corrected chi connectivity index (χ3v) is 13.4. The average molecular weight is 1020 g/mol. The zero-order valence-corrected chi connectivity index (χ0v) is 46.1. The summed E-state index contributed by atoms with van der Waals surface area (Å²) in [6, 6.07) is -3.53. The summed E-state index contributed by atoms with van der Waals surface area (Å²) < 4.78 is 0. The Balaban J connectivity index is 4.63. The third-order valence-electron chi connectivity index (χ3n) is 12.6. The van der Waals surface area contributed by atoms with Crippen LogP contribution >= 0.6 is 25.3 Å². The van der Waals surface area contributed by atoms with E-state index in [4.69, 9.17) is 17.2 Å². The van der Waals surface area contributed by atoms with Gasteiger partial charge in [0.1, 0.15) is 0 Å². The number of nitrogens with one attached hydrogen (secondary N) is 4. The summed E-state index contributed by atoms with van der Waals surface area (Å²) in [5.41, 5.74) is 18.4. The van der Waals surface area contributed by atoms with Crippen LogP contribution in [0.5, 0.6) is 0 Å². The monoisotopic (exact) mass is 1020 g/mol. The van der Waals surface area contributed by atoms with E-state index in [9.17, 15) is 28.8 Å². The molecular formula is C54H102N8O6S2. The molecule has 0 saturated heterocycles. The molecule has 0 heterocycles. The van der Waals surface area contributed by atoms with Crippen molar-refractivity contribution < 1.29 is 28.8 Å². The summed E-state index contributed by atoms with van der Waals surface area (Å²) in [5, 5.41) is 11.1. The fourth-order valence-corrected chi connectivity index (χ4v) is 8.82. The van der Waals surface area contributed by atoms with Crippen molar-refractivity contribution in [2.45, 2.75) is 257 Å². The largest absolute Gasteiger partial charge is 0.345 e. The Labute approximate surface area is 436 Å². The van der Waals surface area contributed by atoms with Crippen LogP contribution in [0.1, 0.15) is 220 Å². The molecule has 4 amide bonds. The van der Waals surface area contributed by atoms with E-state index < -0.39 is 48.3 Å². The van der Waals surface area contributed by atoms with E-state index in [-0.39, 0.29) is 60.8 Å². The minimum Gasteiger partial charge on any atom is -0.345 e. The highest BCUT2D eigenvalue weighted by Crippen LogP contribution is 2.13. The highest BCUT2D eigenvalue weighted by atomic mass is 32.1. The maximum Gasteiger partial charge on any atom is 0.240 e. The van der Waals surface area contributed by atoms with Gasteiger partial charge in [-0.25, -0.2) is 0 Å². The van der Waals surface area contributed by atoms with Crippen LogP contribution < -0.4 is 38.5 Å². The Morgan fingerprint density at radius 3 is 1.27 bits per heavy atom. The average Bonchev–Trinajstić information content (AvgIpc) is 3.33. The van der Waals surface area contributed by atoms with E-state index in [1.807, 2.05) is 0 Å². The maximum absolute atomic E-state index is 13.6. The minimum absolute atomic E-state index is 0.0561. The van der Waals surface area contributed by atoms with E-state index in [2.05, 4.69) is 84.7 Å². The van der Waals surface area contributed by atoms with Gasteiger partial charge in [0.2, 0.25) is 23.6 Å². The molecule has 0 aromatic rings.